The van der Waals surface area contributed by atoms with Crippen LogP contribution in [0.3, 0.4) is 0 Å². The first-order chi connectivity index (χ1) is 14.1. The summed E-state index contributed by atoms with van der Waals surface area (Å²) in [7, 11) is 0. The number of nitrogens with zero attached hydrogens (tertiary/aromatic N) is 1. The molecule has 0 aromatic heterocycles. The third-order valence-electron chi connectivity index (χ3n) is 5.82. The monoisotopic (exact) mass is 383 g/mol. The molecule has 2 aliphatic heterocycles. The van der Waals surface area contributed by atoms with Crippen molar-refractivity contribution in [3.63, 3.8) is 0 Å². The first-order valence-electron chi connectivity index (χ1n) is 10.2. The van der Waals surface area contributed by atoms with Crippen LogP contribution in [-0.4, -0.2) is 18.6 Å². The van der Waals surface area contributed by atoms with Crippen LogP contribution in [0.4, 0.5) is 0 Å². The molecule has 2 aliphatic rings. The Kier molecular flexibility index (Phi) is 4.57. The average Bonchev–Trinajstić information content (AvgIpc) is 2.93. The fourth-order valence-corrected chi connectivity index (χ4v) is 4.32. The van der Waals surface area contributed by atoms with Gasteiger partial charge in [0.25, 0.3) is 0 Å². The van der Waals surface area contributed by atoms with E-state index < -0.39 is 5.79 Å². The minimum Gasteiger partial charge on any atom is -0.350 e. The molecule has 2 heterocycles. The molecule has 3 aromatic rings. The van der Waals surface area contributed by atoms with Gasteiger partial charge in [-0.2, -0.15) is 0 Å². The zero-order valence-corrected chi connectivity index (χ0v) is 16.8. The minimum atomic E-state index is -0.594. The lowest BCUT2D eigenvalue weighted by Crippen LogP contribution is -2.40. The number of ether oxygens (including phenoxy) is 2. The van der Waals surface area contributed by atoms with Crippen LogP contribution in [-0.2, 0) is 16.0 Å². The van der Waals surface area contributed by atoms with Gasteiger partial charge in [0.2, 0.25) is 0 Å². The largest absolute Gasteiger partial charge is 0.350 e. The molecule has 3 heteroatoms. The summed E-state index contributed by atoms with van der Waals surface area (Å²) in [6, 6.07) is 25.7. The third-order valence-corrected chi connectivity index (χ3v) is 5.82. The Morgan fingerprint density at radius 2 is 1.66 bits per heavy atom. The van der Waals surface area contributed by atoms with E-state index >= 15 is 0 Å². The van der Waals surface area contributed by atoms with E-state index in [0.717, 1.165) is 0 Å². The van der Waals surface area contributed by atoms with Gasteiger partial charge in [-0.05, 0) is 41.7 Å². The molecule has 1 fully saturated rings. The lowest BCUT2D eigenvalue weighted by molar-refractivity contribution is -0.283. The highest BCUT2D eigenvalue weighted by Gasteiger charge is 2.38. The summed E-state index contributed by atoms with van der Waals surface area (Å²) in [6.07, 6.45) is 1.94. The lowest BCUT2D eigenvalue weighted by Gasteiger charge is -2.41. The number of aliphatic imine (C=N–C) groups is 1. The SMILES string of the molecule is CC1(C)OC[C@H](c2ccc3c(c2)-c2ccccc2C=NC3)[C@@H](c2ccccc2)O1. The van der Waals surface area contributed by atoms with Gasteiger partial charge in [0.1, 0.15) is 0 Å². The molecule has 146 valence electrons. The molecule has 0 unspecified atom stereocenters. The predicted octanol–water partition coefficient (Wildman–Crippen LogP) is 5.89. The first-order valence-corrected chi connectivity index (χ1v) is 10.2. The Labute approximate surface area is 172 Å². The second kappa shape index (κ2) is 7.25. The van der Waals surface area contributed by atoms with E-state index in [0.29, 0.717) is 13.2 Å². The van der Waals surface area contributed by atoms with Gasteiger partial charge in [-0.25, -0.2) is 0 Å². The van der Waals surface area contributed by atoms with Crippen molar-refractivity contribution >= 4 is 6.21 Å². The second-order valence-corrected chi connectivity index (χ2v) is 8.24. The Morgan fingerprint density at radius 1 is 0.862 bits per heavy atom. The number of hydrogen-bond acceptors (Lipinski definition) is 3. The van der Waals surface area contributed by atoms with Crippen LogP contribution in [0.5, 0.6) is 0 Å². The van der Waals surface area contributed by atoms with Crippen molar-refractivity contribution in [1.82, 2.24) is 0 Å². The molecule has 0 radical (unpaired) electrons. The van der Waals surface area contributed by atoms with Gasteiger partial charge < -0.3 is 9.47 Å². The van der Waals surface area contributed by atoms with Crippen molar-refractivity contribution in [3.8, 4) is 11.1 Å². The Bertz CT molecular complexity index is 1060. The zero-order valence-electron chi connectivity index (χ0n) is 16.8. The molecule has 29 heavy (non-hydrogen) atoms. The van der Waals surface area contributed by atoms with Crippen LogP contribution in [0.15, 0.2) is 77.8 Å². The first kappa shape index (κ1) is 18.3. The predicted molar refractivity (Wildman–Crippen MR) is 116 cm³/mol. The van der Waals surface area contributed by atoms with Gasteiger partial charge in [-0.3, -0.25) is 4.99 Å². The number of hydrogen-bond donors (Lipinski definition) is 0. The van der Waals surface area contributed by atoms with Gasteiger partial charge in [0.05, 0.1) is 19.3 Å². The highest BCUT2D eigenvalue weighted by molar-refractivity contribution is 5.92. The van der Waals surface area contributed by atoms with Crippen LogP contribution < -0.4 is 0 Å². The average molecular weight is 383 g/mol. The number of fused-ring (bicyclic) bond motifs is 3. The molecule has 0 spiro atoms. The van der Waals surface area contributed by atoms with Crippen molar-refractivity contribution in [2.75, 3.05) is 6.61 Å². The van der Waals surface area contributed by atoms with Gasteiger partial charge in [-0.1, -0.05) is 72.8 Å². The second-order valence-electron chi connectivity index (χ2n) is 8.24. The fourth-order valence-electron chi connectivity index (χ4n) is 4.32. The molecule has 0 amide bonds. The summed E-state index contributed by atoms with van der Waals surface area (Å²) in [5.74, 6) is -0.463. The van der Waals surface area contributed by atoms with E-state index in [9.17, 15) is 0 Å². The van der Waals surface area contributed by atoms with E-state index in [1.54, 1.807) is 0 Å². The molecule has 3 aromatic carbocycles. The van der Waals surface area contributed by atoms with Crippen LogP contribution >= 0.6 is 0 Å². The molecular formula is C26H25NO2. The Morgan fingerprint density at radius 3 is 2.52 bits per heavy atom. The topological polar surface area (TPSA) is 30.8 Å². The van der Waals surface area contributed by atoms with Crippen LogP contribution in [0.1, 0.15) is 48.1 Å². The number of rotatable bonds is 2. The van der Waals surface area contributed by atoms with Gasteiger partial charge >= 0.3 is 0 Å². The summed E-state index contributed by atoms with van der Waals surface area (Å²) in [4.78, 5) is 4.60. The lowest BCUT2D eigenvalue weighted by atomic mass is 9.85. The molecule has 1 saturated heterocycles. The molecule has 0 saturated carbocycles. The maximum Gasteiger partial charge on any atom is 0.163 e. The highest BCUT2D eigenvalue weighted by Crippen LogP contribution is 2.43. The molecule has 2 atom stereocenters. The fraction of sp³-hybridized carbons (Fsp3) is 0.269. The van der Waals surface area contributed by atoms with Crippen molar-refractivity contribution in [1.29, 1.82) is 0 Å². The maximum atomic E-state index is 6.42. The van der Waals surface area contributed by atoms with E-state index in [1.165, 1.54) is 33.4 Å². The number of benzene rings is 3. The van der Waals surface area contributed by atoms with Crippen molar-refractivity contribution < 1.29 is 9.47 Å². The normalized spacial score (nSPS) is 22.4. The van der Waals surface area contributed by atoms with E-state index in [4.69, 9.17) is 9.47 Å². The third kappa shape index (κ3) is 3.52. The highest BCUT2D eigenvalue weighted by atomic mass is 16.7. The van der Waals surface area contributed by atoms with E-state index in [2.05, 4.69) is 71.7 Å². The summed E-state index contributed by atoms with van der Waals surface area (Å²) in [6.45, 7) is 5.31. The van der Waals surface area contributed by atoms with Gasteiger partial charge in [0.15, 0.2) is 5.79 Å². The van der Waals surface area contributed by atoms with Crippen molar-refractivity contribution in [2.45, 2.75) is 38.2 Å². The quantitative estimate of drug-likeness (QED) is 0.552. The summed E-state index contributed by atoms with van der Waals surface area (Å²) < 4.78 is 12.5. The van der Waals surface area contributed by atoms with Crippen LogP contribution in [0, 0.1) is 0 Å². The van der Waals surface area contributed by atoms with Gasteiger partial charge in [0, 0.05) is 17.7 Å². The van der Waals surface area contributed by atoms with E-state index in [1.807, 2.05) is 26.1 Å². The van der Waals surface area contributed by atoms with E-state index in [-0.39, 0.29) is 12.0 Å². The summed E-state index contributed by atoms with van der Waals surface area (Å²) in [5.41, 5.74) is 7.34. The minimum absolute atomic E-state index is 0.0460. The van der Waals surface area contributed by atoms with Crippen molar-refractivity contribution in [2.24, 2.45) is 4.99 Å². The molecule has 0 N–H and O–H groups in total. The standard InChI is InChI=1S/C26H25NO2/c1-26(2)28-17-24(25(29-26)18-8-4-3-5-9-18)19-12-13-21-16-27-15-20-10-6-7-11-22(20)23(21)14-19/h3-15,24-25H,16-17H2,1-2H3/t24-,25-/m1/s1. The zero-order chi connectivity index (χ0) is 19.8. The van der Waals surface area contributed by atoms with Gasteiger partial charge in [-0.15, -0.1) is 0 Å². The Hall–Kier alpha value is -2.75. The van der Waals surface area contributed by atoms with Crippen molar-refractivity contribution in [3.05, 3.63) is 95.1 Å². The van der Waals surface area contributed by atoms with Crippen LogP contribution in [0.25, 0.3) is 11.1 Å². The smallest absolute Gasteiger partial charge is 0.163 e. The maximum absolute atomic E-state index is 6.42. The summed E-state index contributed by atoms with van der Waals surface area (Å²) >= 11 is 0. The molecule has 3 nitrogen and oxygen atoms in total. The van der Waals surface area contributed by atoms with Crippen LogP contribution in [0.2, 0.25) is 0 Å². The Balaban J connectivity index is 1.59. The molecule has 5 rings (SSSR count). The molecule has 0 bridgehead atoms. The molecular weight excluding hydrogens is 358 g/mol. The molecule has 0 aliphatic carbocycles. The summed E-state index contributed by atoms with van der Waals surface area (Å²) in [5, 5.41) is 0.